The molecule has 2 rings (SSSR count). The summed E-state index contributed by atoms with van der Waals surface area (Å²) >= 11 is 0. The Hall–Kier alpha value is -2.27. The molecule has 184 valence electrons. The highest BCUT2D eigenvalue weighted by molar-refractivity contribution is 7.88. The second-order valence-corrected chi connectivity index (χ2v) is 10.2. The van der Waals surface area contributed by atoms with Gasteiger partial charge in [-0.25, -0.2) is 18.7 Å². The minimum atomic E-state index is -3.67. The van der Waals surface area contributed by atoms with Crippen LogP contribution in [0.4, 0.5) is 0 Å². The molecule has 0 bridgehead atoms. The number of hydrogen-bond acceptors (Lipinski definition) is 6. The van der Waals surface area contributed by atoms with E-state index in [0.717, 1.165) is 36.1 Å². The lowest BCUT2D eigenvalue weighted by atomic mass is 9.89. The van der Waals surface area contributed by atoms with Crippen LogP contribution in [0, 0.1) is 5.92 Å². The van der Waals surface area contributed by atoms with Gasteiger partial charge in [0.25, 0.3) is 5.91 Å². The van der Waals surface area contributed by atoms with Gasteiger partial charge >= 0.3 is 0 Å². The molecule has 2 amide bonds. The van der Waals surface area contributed by atoms with Gasteiger partial charge in [-0.2, -0.15) is 0 Å². The average Bonchev–Trinajstić information content (AvgIpc) is 2.78. The van der Waals surface area contributed by atoms with Crippen molar-refractivity contribution in [2.45, 2.75) is 58.2 Å². The zero-order valence-electron chi connectivity index (χ0n) is 19.5. The van der Waals surface area contributed by atoms with E-state index in [0.29, 0.717) is 13.0 Å². The number of sulfonamides is 1. The first-order valence-corrected chi connectivity index (χ1v) is 13.1. The first-order valence-electron chi connectivity index (χ1n) is 11.2. The lowest BCUT2D eigenvalue weighted by molar-refractivity contribution is -0.198. The van der Waals surface area contributed by atoms with E-state index in [1.807, 2.05) is 44.2 Å². The van der Waals surface area contributed by atoms with Crippen molar-refractivity contribution in [2.24, 2.45) is 5.92 Å². The maximum Gasteiger partial charge on any atom is 0.267 e. The van der Waals surface area contributed by atoms with Gasteiger partial charge in [0.2, 0.25) is 15.9 Å². The van der Waals surface area contributed by atoms with Crippen molar-refractivity contribution in [3.8, 4) is 0 Å². The fraction of sp³-hybridized carbons (Fsp3) is 0.565. The zero-order chi connectivity index (χ0) is 24.3. The monoisotopic (exact) mass is 481 g/mol. The highest BCUT2D eigenvalue weighted by atomic mass is 32.2. The molecule has 33 heavy (non-hydrogen) atoms. The number of hydrogen-bond donors (Lipinski definition) is 2. The van der Waals surface area contributed by atoms with Crippen molar-refractivity contribution in [3.63, 3.8) is 0 Å². The molecular formula is C23H35N3O6S. The fourth-order valence-electron chi connectivity index (χ4n) is 3.48. The largest absolute Gasteiger partial charge is 0.350 e. The molecule has 1 aliphatic rings. The van der Waals surface area contributed by atoms with Crippen LogP contribution in [0.3, 0.4) is 0 Å². The Labute approximate surface area is 196 Å². The Morgan fingerprint density at radius 3 is 2.58 bits per heavy atom. The van der Waals surface area contributed by atoms with Crippen LogP contribution < -0.4 is 10.3 Å². The molecule has 0 radical (unpaired) electrons. The number of amides is 2. The molecule has 1 aromatic carbocycles. The molecule has 2 atom stereocenters. The number of hydroxylamine groups is 1. The van der Waals surface area contributed by atoms with Crippen LogP contribution in [-0.2, 0) is 29.2 Å². The summed E-state index contributed by atoms with van der Waals surface area (Å²) < 4.78 is 29.2. The number of benzene rings is 1. The van der Waals surface area contributed by atoms with Gasteiger partial charge in [-0.05, 0) is 37.2 Å². The van der Waals surface area contributed by atoms with Crippen molar-refractivity contribution in [3.05, 3.63) is 48.0 Å². The number of rotatable bonds is 12. The van der Waals surface area contributed by atoms with Crippen LogP contribution in [-0.4, -0.2) is 50.9 Å². The van der Waals surface area contributed by atoms with Gasteiger partial charge in [0.1, 0.15) is 0 Å². The molecule has 0 aliphatic carbocycles. The number of carbonyl (C=O) groups excluding carboxylic acids is 2. The van der Waals surface area contributed by atoms with Crippen LogP contribution in [0.25, 0.3) is 0 Å². The highest BCUT2D eigenvalue weighted by Crippen LogP contribution is 2.26. The second kappa shape index (κ2) is 13.4. The van der Waals surface area contributed by atoms with Crippen LogP contribution in [0.15, 0.2) is 42.5 Å². The summed E-state index contributed by atoms with van der Waals surface area (Å²) in [5.74, 6) is -1.05. The van der Waals surface area contributed by atoms with Crippen molar-refractivity contribution in [1.82, 2.24) is 15.3 Å². The van der Waals surface area contributed by atoms with E-state index in [2.05, 4.69) is 10.3 Å². The van der Waals surface area contributed by atoms with Crippen LogP contribution in [0.1, 0.15) is 57.4 Å². The molecule has 0 saturated carbocycles. The number of nitrogens with one attached hydrogen (secondary N) is 2. The highest BCUT2D eigenvalue weighted by Gasteiger charge is 2.28. The molecule has 1 saturated heterocycles. The minimum Gasteiger partial charge on any atom is -0.350 e. The smallest absolute Gasteiger partial charge is 0.267 e. The third-order valence-corrected chi connectivity index (χ3v) is 5.52. The zero-order valence-corrected chi connectivity index (χ0v) is 20.3. The number of nitrogens with zero attached hydrogens (tertiary/aromatic N) is 1. The van der Waals surface area contributed by atoms with Crippen LogP contribution in [0.5, 0.6) is 0 Å². The third-order valence-electron chi connectivity index (χ3n) is 4.97. The summed E-state index contributed by atoms with van der Waals surface area (Å²) in [6.07, 6.45) is 6.92. The first-order chi connectivity index (χ1) is 15.7. The van der Waals surface area contributed by atoms with E-state index in [-0.39, 0.29) is 24.8 Å². The SMILES string of the molecule is CC(C)C[C@@H](C(=O)N(CCC=CC(=O)NO[C@H]1CCCCO1)NS(C)(=O)=O)c1ccccc1. The molecule has 9 nitrogen and oxygen atoms in total. The molecule has 0 unspecified atom stereocenters. The van der Waals surface area contributed by atoms with E-state index in [1.54, 1.807) is 6.08 Å². The third kappa shape index (κ3) is 10.5. The Balaban J connectivity index is 1.98. The molecule has 1 aromatic rings. The minimum absolute atomic E-state index is 0.0731. The summed E-state index contributed by atoms with van der Waals surface area (Å²) in [5.41, 5.74) is 3.15. The van der Waals surface area contributed by atoms with Gasteiger partial charge in [0.15, 0.2) is 6.29 Å². The lowest BCUT2D eigenvalue weighted by Crippen LogP contribution is -2.48. The van der Waals surface area contributed by atoms with E-state index < -0.39 is 28.1 Å². The summed E-state index contributed by atoms with van der Waals surface area (Å²) in [4.78, 5) is 32.8. The standard InChI is InChI=1S/C23H35N3O6S/c1-18(2)17-20(19-11-5-4-6-12-19)23(28)26(25-33(3,29)30)15-9-7-13-21(27)24-32-22-14-8-10-16-31-22/h4-7,11-13,18,20,22,25H,8-10,14-17H2,1-3H3,(H,24,27)/t20-,22+/m1/s1. The van der Waals surface area contributed by atoms with Crippen LogP contribution >= 0.6 is 0 Å². The van der Waals surface area contributed by atoms with E-state index in [4.69, 9.17) is 9.57 Å². The van der Waals surface area contributed by atoms with Gasteiger partial charge in [-0.1, -0.05) is 50.3 Å². The van der Waals surface area contributed by atoms with Gasteiger partial charge in [-0.3, -0.25) is 14.6 Å². The van der Waals surface area contributed by atoms with Gasteiger partial charge < -0.3 is 4.74 Å². The summed E-state index contributed by atoms with van der Waals surface area (Å²) in [7, 11) is -3.67. The quantitative estimate of drug-likeness (QED) is 0.350. The van der Waals surface area contributed by atoms with Crippen molar-refractivity contribution in [1.29, 1.82) is 0 Å². The predicted molar refractivity (Wildman–Crippen MR) is 125 cm³/mol. The maximum absolute atomic E-state index is 13.3. The van der Waals surface area contributed by atoms with Crippen LogP contribution in [0.2, 0.25) is 0 Å². The molecule has 2 N–H and O–H groups in total. The number of ether oxygens (including phenoxy) is 1. The Morgan fingerprint density at radius 2 is 1.97 bits per heavy atom. The topological polar surface area (TPSA) is 114 Å². The first kappa shape index (κ1) is 27.0. The fourth-order valence-corrected chi connectivity index (χ4v) is 4.06. The van der Waals surface area contributed by atoms with E-state index in [9.17, 15) is 18.0 Å². The molecule has 10 heteroatoms. The molecule has 0 aromatic heterocycles. The van der Waals surface area contributed by atoms with Gasteiger partial charge in [0, 0.05) is 25.6 Å². The molecule has 1 heterocycles. The van der Waals surface area contributed by atoms with E-state index >= 15 is 0 Å². The lowest BCUT2D eigenvalue weighted by Gasteiger charge is -2.28. The Kier molecular flexibility index (Phi) is 11.0. The maximum atomic E-state index is 13.3. The summed E-state index contributed by atoms with van der Waals surface area (Å²) in [6, 6.07) is 9.30. The van der Waals surface area contributed by atoms with E-state index in [1.165, 1.54) is 6.08 Å². The summed E-state index contributed by atoms with van der Waals surface area (Å²) in [6.45, 7) is 4.71. The number of carbonyl (C=O) groups is 2. The van der Waals surface area contributed by atoms with Crippen molar-refractivity contribution in [2.75, 3.05) is 19.4 Å². The van der Waals surface area contributed by atoms with Crippen molar-refractivity contribution < 1.29 is 27.6 Å². The molecule has 1 fully saturated rings. The normalized spacial score (nSPS) is 17.8. The Morgan fingerprint density at radius 1 is 1.24 bits per heavy atom. The van der Waals surface area contributed by atoms with Crippen molar-refractivity contribution >= 4 is 21.8 Å². The molecule has 0 spiro atoms. The Bertz CT molecular complexity index is 883. The van der Waals surface area contributed by atoms with Gasteiger partial charge in [-0.15, -0.1) is 4.83 Å². The molecular weight excluding hydrogens is 446 g/mol. The van der Waals surface area contributed by atoms with Gasteiger partial charge in [0.05, 0.1) is 12.2 Å². The number of hydrazine groups is 1. The second-order valence-electron chi connectivity index (χ2n) is 8.52. The average molecular weight is 482 g/mol. The predicted octanol–water partition coefficient (Wildman–Crippen LogP) is 2.63. The summed E-state index contributed by atoms with van der Waals surface area (Å²) in [5, 5.41) is 1.12. The molecule has 1 aliphatic heterocycles.